The summed E-state index contributed by atoms with van der Waals surface area (Å²) in [6, 6.07) is 7.56. The lowest BCUT2D eigenvalue weighted by Gasteiger charge is -2.17. The Morgan fingerprint density at radius 1 is 1.45 bits per heavy atom. The summed E-state index contributed by atoms with van der Waals surface area (Å²) in [4.78, 5) is 24.3. The average molecular weight is 273 g/mol. The van der Waals surface area contributed by atoms with E-state index >= 15 is 0 Å². The number of nitrogens with zero attached hydrogens (tertiary/aromatic N) is 1. The maximum absolute atomic E-state index is 12.1. The lowest BCUT2D eigenvalue weighted by Crippen LogP contribution is -2.28. The second-order valence-electron chi connectivity index (χ2n) is 5.43. The normalized spacial score (nSPS) is 20.9. The average Bonchev–Trinajstić information content (AvgIpc) is 3.13. The monoisotopic (exact) mass is 273 g/mol. The summed E-state index contributed by atoms with van der Waals surface area (Å²) in [5.41, 5.74) is 1.83. The van der Waals surface area contributed by atoms with Gasteiger partial charge in [0.05, 0.1) is 0 Å². The predicted octanol–water partition coefficient (Wildman–Crippen LogP) is 2.40. The molecule has 1 aromatic carbocycles. The van der Waals surface area contributed by atoms with Gasteiger partial charge in [0.15, 0.2) is 0 Å². The number of carboxylic acids is 1. The van der Waals surface area contributed by atoms with Gasteiger partial charge in [-0.2, -0.15) is 0 Å². The van der Waals surface area contributed by atoms with Crippen molar-refractivity contribution in [2.24, 2.45) is 11.8 Å². The van der Waals surface area contributed by atoms with E-state index in [1.165, 1.54) is 0 Å². The highest BCUT2D eigenvalue weighted by atomic mass is 16.4. The van der Waals surface area contributed by atoms with Crippen molar-refractivity contribution in [3.8, 4) is 0 Å². The first-order valence-corrected chi connectivity index (χ1v) is 6.72. The molecule has 0 aliphatic heterocycles. The molecule has 2 atom stereocenters. The van der Waals surface area contributed by atoms with Crippen molar-refractivity contribution >= 4 is 18.0 Å². The van der Waals surface area contributed by atoms with E-state index in [4.69, 9.17) is 5.11 Å². The van der Waals surface area contributed by atoms with E-state index in [1.807, 2.05) is 31.3 Å². The van der Waals surface area contributed by atoms with E-state index in [0.29, 0.717) is 12.5 Å². The quantitative estimate of drug-likeness (QED) is 0.838. The third-order valence-electron chi connectivity index (χ3n) is 3.59. The molecule has 0 heterocycles. The van der Waals surface area contributed by atoms with E-state index < -0.39 is 5.97 Å². The highest BCUT2D eigenvalue weighted by Gasteiger charge is 2.40. The van der Waals surface area contributed by atoms with Crippen LogP contribution in [-0.2, 0) is 16.1 Å². The Morgan fingerprint density at radius 3 is 2.75 bits per heavy atom. The van der Waals surface area contributed by atoms with E-state index in [0.717, 1.165) is 23.6 Å². The second kappa shape index (κ2) is 5.90. The van der Waals surface area contributed by atoms with Gasteiger partial charge in [-0.15, -0.1) is 0 Å². The predicted molar refractivity (Wildman–Crippen MR) is 76.9 cm³/mol. The number of hydrogen-bond acceptors (Lipinski definition) is 2. The summed E-state index contributed by atoms with van der Waals surface area (Å²) in [6.45, 7) is 2.64. The molecular formula is C16H19NO3. The largest absolute Gasteiger partial charge is 0.478 e. The molecule has 0 aromatic heterocycles. The van der Waals surface area contributed by atoms with Crippen molar-refractivity contribution < 1.29 is 14.7 Å². The molecule has 0 saturated heterocycles. The Balaban J connectivity index is 2.00. The van der Waals surface area contributed by atoms with Gasteiger partial charge in [-0.3, -0.25) is 4.79 Å². The molecule has 1 aliphatic carbocycles. The molecule has 1 aromatic rings. The number of carboxylic acid groups (broad SMARTS) is 1. The summed E-state index contributed by atoms with van der Waals surface area (Å²) in [7, 11) is 1.81. The van der Waals surface area contributed by atoms with Crippen LogP contribution in [0.5, 0.6) is 0 Å². The van der Waals surface area contributed by atoms with Crippen LogP contribution in [0.4, 0.5) is 0 Å². The topological polar surface area (TPSA) is 57.6 Å². The number of rotatable bonds is 5. The van der Waals surface area contributed by atoms with Gasteiger partial charge in [0.2, 0.25) is 5.91 Å². The van der Waals surface area contributed by atoms with E-state index in [2.05, 4.69) is 6.92 Å². The lowest BCUT2D eigenvalue weighted by atomic mass is 10.1. The Morgan fingerprint density at radius 2 is 2.15 bits per heavy atom. The molecule has 1 saturated carbocycles. The second-order valence-corrected chi connectivity index (χ2v) is 5.43. The van der Waals surface area contributed by atoms with Crippen molar-refractivity contribution in [3.05, 3.63) is 41.5 Å². The fourth-order valence-electron chi connectivity index (χ4n) is 2.26. The highest BCUT2D eigenvalue weighted by molar-refractivity contribution is 5.85. The minimum atomic E-state index is -0.967. The summed E-state index contributed by atoms with van der Waals surface area (Å²) in [5.74, 6) is -0.0701. The number of carbonyl (C=O) groups is 2. The van der Waals surface area contributed by atoms with Crippen LogP contribution in [-0.4, -0.2) is 28.9 Å². The number of amides is 1. The summed E-state index contributed by atoms with van der Waals surface area (Å²) < 4.78 is 0. The minimum absolute atomic E-state index is 0.190. The Labute approximate surface area is 118 Å². The zero-order valence-corrected chi connectivity index (χ0v) is 11.7. The number of benzene rings is 1. The maximum atomic E-state index is 12.1. The van der Waals surface area contributed by atoms with E-state index in [1.54, 1.807) is 11.0 Å². The maximum Gasteiger partial charge on any atom is 0.328 e. The summed E-state index contributed by atoms with van der Waals surface area (Å²) in [5, 5.41) is 8.62. The van der Waals surface area contributed by atoms with Crippen LogP contribution in [0.3, 0.4) is 0 Å². The van der Waals surface area contributed by atoms with Crippen molar-refractivity contribution in [1.29, 1.82) is 0 Å². The highest BCUT2D eigenvalue weighted by Crippen LogP contribution is 2.39. The van der Waals surface area contributed by atoms with Crippen LogP contribution in [0.25, 0.3) is 6.08 Å². The minimum Gasteiger partial charge on any atom is -0.478 e. The van der Waals surface area contributed by atoms with Crippen molar-refractivity contribution in [2.45, 2.75) is 19.9 Å². The molecule has 1 amide bonds. The number of carbonyl (C=O) groups excluding carboxylic acids is 1. The zero-order chi connectivity index (χ0) is 14.7. The summed E-state index contributed by atoms with van der Waals surface area (Å²) >= 11 is 0. The van der Waals surface area contributed by atoms with Crippen LogP contribution < -0.4 is 0 Å². The van der Waals surface area contributed by atoms with Crippen LogP contribution in [0.15, 0.2) is 30.3 Å². The zero-order valence-electron chi connectivity index (χ0n) is 11.7. The van der Waals surface area contributed by atoms with Gasteiger partial charge < -0.3 is 10.0 Å². The number of hydrogen-bond donors (Lipinski definition) is 1. The molecular weight excluding hydrogens is 254 g/mol. The van der Waals surface area contributed by atoms with Crippen LogP contribution in [0, 0.1) is 11.8 Å². The lowest BCUT2D eigenvalue weighted by molar-refractivity contribution is -0.132. The van der Waals surface area contributed by atoms with Crippen molar-refractivity contribution in [2.75, 3.05) is 7.05 Å². The van der Waals surface area contributed by atoms with Crippen LogP contribution in [0.2, 0.25) is 0 Å². The molecule has 2 rings (SSSR count). The van der Waals surface area contributed by atoms with Gasteiger partial charge in [-0.05, 0) is 35.6 Å². The van der Waals surface area contributed by atoms with Crippen LogP contribution in [0.1, 0.15) is 24.5 Å². The van der Waals surface area contributed by atoms with Crippen molar-refractivity contribution in [3.63, 3.8) is 0 Å². The van der Waals surface area contributed by atoms with Gasteiger partial charge in [0, 0.05) is 25.6 Å². The molecule has 2 unspecified atom stereocenters. The van der Waals surface area contributed by atoms with Gasteiger partial charge in [-0.1, -0.05) is 25.1 Å². The fraction of sp³-hybridized carbons (Fsp3) is 0.375. The fourth-order valence-corrected chi connectivity index (χ4v) is 2.26. The Bertz CT molecular complexity index is 550. The SMILES string of the molecule is CC1CC1C(=O)N(C)Cc1cccc(C=CC(=O)O)c1. The molecule has 4 nitrogen and oxygen atoms in total. The summed E-state index contributed by atoms with van der Waals surface area (Å²) in [6.07, 6.45) is 3.65. The molecule has 20 heavy (non-hydrogen) atoms. The standard InChI is InChI=1S/C16H19NO3/c1-11-8-14(11)16(20)17(2)10-13-5-3-4-12(9-13)6-7-15(18)19/h3-7,9,11,14H,8,10H2,1-2H3,(H,18,19). The third kappa shape index (κ3) is 3.70. The number of aliphatic carboxylic acids is 1. The molecule has 1 fully saturated rings. The molecule has 0 radical (unpaired) electrons. The first kappa shape index (κ1) is 14.3. The smallest absolute Gasteiger partial charge is 0.328 e. The van der Waals surface area contributed by atoms with Gasteiger partial charge in [0.25, 0.3) is 0 Å². The van der Waals surface area contributed by atoms with Gasteiger partial charge in [0.1, 0.15) is 0 Å². The van der Waals surface area contributed by atoms with Crippen LogP contribution >= 0.6 is 0 Å². The van der Waals surface area contributed by atoms with Gasteiger partial charge >= 0.3 is 5.97 Å². The van der Waals surface area contributed by atoms with Gasteiger partial charge in [-0.25, -0.2) is 4.79 Å². The molecule has 1 N–H and O–H groups in total. The molecule has 1 aliphatic rings. The first-order chi connectivity index (χ1) is 9.47. The molecule has 106 valence electrons. The van der Waals surface area contributed by atoms with E-state index in [-0.39, 0.29) is 11.8 Å². The third-order valence-corrected chi connectivity index (χ3v) is 3.59. The molecule has 0 bridgehead atoms. The Hall–Kier alpha value is -2.10. The Kier molecular flexibility index (Phi) is 4.23. The molecule has 4 heteroatoms. The van der Waals surface area contributed by atoms with Crippen molar-refractivity contribution in [1.82, 2.24) is 4.90 Å². The van der Waals surface area contributed by atoms with E-state index in [9.17, 15) is 9.59 Å². The first-order valence-electron chi connectivity index (χ1n) is 6.72. The molecule has 0 spiro atoms.